The summed E-state index contributed by atoms with van der Waals surface area (Å²) < 4.78 is 5.43. The number of carbonyl (C=O) groups excluding carboxylic acids is 1. The van der Waals surface area contributed by atoms with Gasteiger partial charge in [-0.1, -0.05) is 23.7 Å². The van der Waals surface area contributed by atoms with Crippen molar-refractivity contribution < 1.29 is 9.53 Å². The number of amides is 1. The van der Waals surface area contributed by atoms with Crippen LogP contribution in [0.1, 0.15) is 20.3 Å². The SMILES string of the molecule is CC(C)(CN)NC(=O)CCOc1ccccc1Cl.Cl. The van der Waals surface area contributed by atoms with Gasteiger partial charge in [0.2, 0.25) is 5.91 Å². The second-order valence-electron chi connectivity index (χ2n) is 4.67. The Morgan fingerprint density at radius 1 is 1.42 bits per heavy atom. The third-order valence-electron chi connectivity index (χ3n) is 2.41. The highest BCUT2D eigenvalue weighted by Crippen LogP contribution is 2.23. The van der Waals surface area contributed by atoms with Gasteiger partial charge in [-0.3, -0.25) is 4.79 Å². The molecule has 1 aromatic rings. The minimum Gasteiger partial charge on any atom is -0.491 e. The Morgan fingerprint density at radius 2 is 2.05 bits per heavy atom. The van der Waals surface area contributed by atoms with Gasteiger partial charge in [0.25, 0.3) is 0 Å². The highest BCUT2D eigenvalue weighted by atomic mass is 35.5. The zero-order valence-corrected chi connectivity index (χ0v) is 12.7. The molecule has 19 heavy (non-hydrogen) atoms. The fourth-order valence-corrected chi connectivity index (χ4v) is 1.50. The van der Waals surface area contributed by atoms with Gasteiger partial charge in [0.05, 0.1) is 18.1 Å². The van der Waals surface area contributed by atoms with Crippen molar-refractivity contribution in [3.63, 3.8) is 0 Å². The topological polar surface area (TPSA) is 64.3 Å². The highest BCUT2D eigenvalue weighted by molar-refractivity contribution is 6.32. The molecule has 0 unspecified atom stereocenters. The Morgan fingerprint density at radius 3 is 2.63 bits per heavy atom. The van der Waals surface area contributed by atoms with Gasteiger partial charge in [0.1, 0.15) is 5.75 Å². The molecule has 0 spiro atoms. The van der Waals surface area contributed by atoms with Crippen LogP contribution in [0.15, 0.2) is 24.3 Å². The minimum absolute atomic E-state index is 0. The van der Waals surface area contributed by atoms with Crippen LogP contribution in [0.5, 0.6) is 5.75 Å². The maximum atomic E-state index is 11.6. The zero-order chi connectivity index (χ0) is 13.6. The number of rotatable bonds is 6. The summed E-state index contributed by atoms with van der Waals surface area (Å²) in [6, 6.07) is 7.17. The number of para-hydroxylation sites is 1. The summed E-state index contributed by atoms with van der Waals surface area (Å²) in [5.41, 5.74) is 5.14. The van der Waals surface area contributed by atoms with E-state index in [9.17, 15) is 4.79 Å². The van der Waals surface area contributed by atoms with Gasteiger partial charge < -0.3 is 15.8 Å². The second-order valence-corrected chi connectivity index (χ2v) is 5.07. The molecule has 0 bridgehead atoms. The van der Waals surface area contributed by atoms with Crippen molar-refractivity contribution in [2.75, 3.05) is 13.2 Å². The first-order valence-electron chi connectivity index (χ1n) is 5.83. The fraction of sp³-hybridized carbons (Fsp3) is 0.462. The van der Waals surface area contributed by atoms with E-state index in [-0.39, 0.29) is 36.9 Å². The van der Waals surface area contributed by atoms with E-state index in [1.54, 1.807) is 12.1 Å². The minimum atomic E-state index is -0.387. The lowest BCUT2D eigenvalue weighted by atomic mass is 10.1. The molecule has 0 saturated heterocycles. The summed E-state index contributed by atoms with van der Waals surface area (Å²) in [7, 11) is 0. The first kappa shape index (κ1) is 18.0. The molecule has 1 amide bonds. The van der Waals surface area contributed by atoms with E-state index in [4.69, 9.17) is 22.1 Å². The van der Waals surface area contributed by atoms with Crippen LogP contribution in [0.3, 0.4) is 0 Å². The molecule has 0 aliphatic carbocycles. The van der Waals surface area contributed by atoms with E-state index in [0.29, 0.717) is 17.3 Å². The predicted octanol–water partition coefficient (Wildman–Crippen LogP) is 2.38. The average Bonchev–Trinajstić information content (AvgIpc) is 2.31. The van der Waals surface area contributed by atoms with Gasteiger partial charge in [-0.2, -0.15) is 0 Å². The molecule has 6 heteroatoms. The third kappa shape index (κ3) is 6.66. The summed E-state index contributed by atoms with van der Waals surface area (Å²) in [5.74, 6) is 0.502. The van der Waals surface area contributed by atoms with E-state index in [1.807, 2.05) is 26.0 Å². The molecule has 0 aliphatic rings. The monoisotopic (exact) mass is 306 g/mol. The van der Waals surface area contributed by atoms with Crippen LogP contribution in [0.25, 0.3) is 0 Å². The number of nitrogens with two attached hydrogens (primary N) is 1. The summed E-state index contributed by atoms with van der Waals surface area (Å²) in [6.07, 6.45) is 0.272. The number of halogens is 2. The van der Waals surface area contributed by atoms with Crippen molar-refractivity contribution in [3.8, 4) is 5.75 Å². The van der Waals surface area contributed by atoms with Crippen LogP contribution in [-0.2, 0) is 4.79 Å². The molecule has 1 aromatic carbocycles. The Labute approximate surface area is 125 Å². The van der Waals surface area contributed by atoms with Crippen molar-refractivity contribution in [3.05, 3.63) is 29.3 Å². The molecular weight excluding hydrogens is 287 g/mol. The molecule has 1 rings (SSSR count). The second kappa shape index (κ2) is 8.25. The van der Waals surface area contributed by atoms with Crippen molar-refractivity contribution in [2.24, 2.45) is 5.73 Å². The Balaban J connectivity index is 0.00000324. The predicted molar refractivity (Wildman–Crippen MR) is 80.1 cm³/mol. The quantitative estimate of drug-likeness (QED) is 0.848. The van der Waals surface area contributed by atoms with Crippen LogP contribution in [0, 0.1) is 0 Å². The number of nitrogens with one attached hydrogen (secondary N) is 1. The first-order chi connectivity index (χ1) is 8.44. The lowest BCUT2D eigenvalue weighted by molar-refractivity contribution is -0.123. The molecule has 0 heterocycles. The first-order valence-corrected chi connectivity index (χ1v) is 6.21. The summed E-state index contributed by atoms with van der Waals surface area (Å²) in [6.45, 7) is 4.43. The molecule has 108 valence electrons. The van der Waals surface area contributed by atoms with Crippen LogP contribution >= 0.6 is 24.0 Å². The summed E-state index contributed by atoms with van der Waals surface area (Å²) in [4.78, 5) is 11.6. The number of ether oxygens (including phenoxy) is 1. The highest BCUT2D eigenvalue weighted by Gasteiger charge is 2.17. The lowest BCUT2D eigenvalue weighted by Gasteiger charge is -2.24. The number of hydrogen-bond acceptors (Lipinski definition) is 3. The molecule has 0 saturated carbocycles. The maximum Gasteiger partial charge on any atom is 0.223 e. The van der Waals surface area contributed by atoms with Crippen LogP contribution in [0.2, 0.25) is 5.02 Å². The van der Waals surface area contributed by atoms with Crippen LogP contribution in [-0.4, -0.2) is 24.6 Å². The normalized spacial score (nSPS) is 10.5. The maximum absolute atomic E-state index is 11.6. The van der Waals surface area contributed by atoms with Crippen LogP contribution in [0.4, 0.5) is 0 Å². The van der Waals surface area contributed by atoms with E-state index >= 15 is 0 Å². The third-order valence-corrected chi connectivity index (χ3v) is 2.72. The molecule has 0 fully saturated rings. The Kier molecular flexibility index (Phi) is 7.83. The standard InChI is InChI=1S/C13H19ClN2O2.ClH/c1-13(2,9-15)16-12(17)7-8-18-11-6-4-3-5-10(11)14;/h3-6H,7-9,15H2,1-2H3,(H,16,17);1H. The zero-order valence-electron chi connectivity index (χ0n) is 11.1. The smallest absolute Gasteiger partial charge is 0.223 e. The Bertz CT molecular complexity index is 411. The lowest BCUT2D eigenvalue weighted by Crippen LogP contribution is -2.49. The average molecular weight is 307 g/mol. The molecule has 0 radical (unpaired) electrons. The summed E-state index contributed by atoms with van der Waals surface area (Å²) >= 11 is 5.93. The van der Waals surface area contributed by atoms with Crippen molar-refractivity contribution in [2.45, 2.75) is 25.8 Å². The van der Waals surface area contributed by atoms with Gasteiger partial charge in [-0.25, -0.2) is 0 Å². The van der Waals surface area contributed by atoms with E-state index in [1.165, 1.54) is 0 Å². The fourth-order valence-electron chi connectivity index (χ4n) is 1.31. The molecular formula is C13H20Cl2N2O2. The van der Waals surface area contributed by atoms with Gasteiger partial charge in [-0.05, 0) is 26.0 Å². The van der Waals surface area contributed by atoms with Gasteiger partial charge in [-0.15, -0.1) is 12.4 Å². The number of carbonyl (C=O) groups is 1. The van der Waals surface area contributed by atoms with Gasteiger partial charge >= 0.3 is 0 Å². The van der Waals surface area contributed by atoms with Gasteiger partial charge in [0, 0.05) is 12.1 Å². The molecule has 0 aliphatic heterocycles. The van der Waals surface area contributed by atoms with Gasteiger partial charge in [0.15, 0.2) is 0 Å². The van der Waals surface area contributed by atoms with E-state index < -0.39 is 0 Å². The molecule has 4 nitrogen and oxygen atoms in total. The number of benzene rings is 1. The summed E-state index contributed by atoms with van der Waals surface area (Å²) in [5, 5.41) is 3.37. The molecule has 0 atom stereocenters. The van der Waals surface area contributed by atoms with Crippen molar-refractivity contribution >= 4 is 29.9 Å². The molecule has 3 N–H and O–H groups in total. The van der Waals surface area contributed by atoms with E-state index in [0.717, 1.165) is 0 Å². The largest absolute Gasteiger partial charge is 0.491 e. The van der Waals surface area contributed by atoms with Crippen LogP contribution < -0.4 is 15.8 Å². The van der Waals surface area contributed by atoms with E-state index in [2.05, 4.69) is 5.32 Å². The Hall–Kier alpha value is -0.970. The van der Waals surface area contributed by atoms with Crippen molar-refractivity contribution in [1.82, 2.24) is 5.32 Å². The number of hydrogen-bond donors (Lipinski definition) is 2. The van der Waals surface area contributed by atoms with Crippen molar-refractivity contribution in [1.29, 1.82) is 0 Å². The molecule has 0 aromatic heterocycles.